The van der Waals surface area contributed by atoms with Gasteiger partial charge in [0.1, 0.15) is 5.82 Å². The third kappa shape index (κ3) is 4.59. The van der Waals surface area contributed by atoms with Gasteiger partial charge in [0.25, 0.3) is 0 Å². The Morgan fingerprint density at radius 2 is 1.90 bits per heavy atom. The predicted octanol–water partition coefficient (Wildman–Crippen LogP) is 4.05. The van der Waals surface area contributed by atoms with Gasteiger partial charge in [0.15, 0.2) is 5.16 Å². The largest absolute Gasteiger partial charge is 0.341 e. The number of nitrogens with one attached hydrogen (secondary N) is 1. The summed E-state index contributed by atoms with van der Waals surface area (Å²) in [6, 6.07) is 14.0. The molecule has 29 heavy (non-hydrogen) atoms. The number of amides is 1. The highest BCUT2D eigenvalue weighted by molar-refractivity contribution is 7.99. The molecule has 1 aliphatic rings. The Bertz CT molecular complexity index is 999. The third-order valence-corrected chi connectivity index (χ3v) is 5.67. The summed E-state index contributed by atoms with van der Waals surface area (Å²) in [5.74, 6) is 0.353. The van der Waals surface area contributed by atoms with Crippen LogP contribution in [0.4, 0.5) is 16.0 Å². The number of rotatable bonds is 6. The summed E-state index contributed by atoms with van der Waals surface area (Å²) < 4.78 is 15.3. The third-order valence-electron chi connectivity index (χ3n) is 4.74. The van der Waals surface area contributed by atoms with E-state index in [1.165, 1.54) is 29.5 Å². The van der Waals surface area contributed by atoms with Gasteiger partial charge in [-0.3, -0.25) is 9.36 Å². The molecule has 8 heteroatoms. The lowest BCUT2D eigenvalue weighted by molar-refractivity contribution is -0.113. The van der Waals surface area contributed by atoms with Crippen molar-refractivity contribution in [3.63, 3.8) is 0 Å². The van der Waals surface area contributed by atoms with Gasteiger partial charge in [-0.15, -0.1) is 10.2 Å². The minimum absolute atomic E-state index is 0.153. The van der Waals surface area contributed by atoms with Crippen LogP contribution in [0.2, 0.25) is 0 Å². The highest BCUT2D eigenvalue weighted by Gasteiger charge is 2.22. The lowest BCUT2D eigenvalue weighted by Crippen LogP contribution is -2.22. The molecule has 3 aromatic rings. The van der Waals surface area contributed by atoms with Gasteiger partial charge in [0.05, 0.1) is 11.4 Å². The number of aromatic nitrogens is 3. The van der Waals surface area contributed by atoms with Gasteiger partial charge in [-0.25, -0.2) is 4.39 Å². The first-order valence-electron chi connectivity index (χ1n) is 9.56. The smallest absolute Gasteiger partial charge is 0.234 e. The maximum Gasteiger partial charge on any atom is 0.234 e. The zero-order valence-electron chi connectivity index (χ0n) is 16.1. The maximum atomic E-state index is 13.3. The van der Waals surface area contributed by atoms with Crippen molar-refractivity contribution in [2.75, 3.05) is 29.1 Å². The zero-order chi connectivity index (χ0) is 20.2. The van der Waals surface area contributed by atoms with Crippen LogP contribution in [-0.4, -0.2) is 39.5 Å². The average molecular weight is 412 g/mol. The summed E-state index contributed by atoms with van der Waals surface area (Å²) in [7, 11) is 0. The molecule has 0 aliphatic carbocycles. The van der Waals surface area contributed by atoms with Crippen LogP contribution in [0.15, 0.2) is 53.7 Å². The van der Waals surface area contributed by atoms with E-state index >= 15 is 0 Å². The van der Waals surface area contributed by atoms with E-state index in [4.69, 9.17) is 0 Å². The van der Waals surface area contributed by atoms with E-state index in [1.54, 1.807) is 12.1 Å². The monoisotopic (exact) mass is 411 g/mol. The maximum absolute atomic E-state index is 13.3. The van der Waals surface area contributed by atoms with Crippen LogP contribution in [0, 0.1) is 12.7 Å². The number of anilines is 2. The molecule has 1 N–H and O–H groups in total. The van der Waals surface area contributed by atoms with Gasteiger partial charge < -0.3 is 10.2 Å². The number of nitrogens with zero attached hydrogens (tertiary/aromatic N) is 4. The fourth-order valence-corrected chi connectivity index (χ4v) is 4.04. The van der Waals surface area contributed by atoms with Crippen LogP contribution in [0.1, 0.15) is 18.4 Å². The molecule has 1 amide bonds. The molecule has 2 heterocycles. The first kappa shape index (κ1) is 19.4. The molecule has 2 aromatic carbocycles. The fraction of sp³-hybridized carbons (Fsp3) is 0.286. The van der Waals surface area contributed by atoms with Crippen molar-refractivity contribution in [2.45, 2.75) is 24.9 Å². The number of aryl methyl sites for hydroxylation is 1. The van der Waals surface area contributed by atoms with Crippen LogP contribution >= 0.6 is 11.8 Å². The number of carbonyl (C=O) groups is 1. The van der Waals surface area contributed by atoms with E-state index in [9.17, 15) is 9.18 Å². The molecular formula is C21H22FN5OS. The van der Waals surface area contributed by atoms with E-state index in [-0.39, 0.29) is 17.5 Å². The molecule has 0 unspecified atom stereocenters. The summed E-state index contributed by atoms with van der Waals surface area (Å²) >= 11 is 1.31. The quantitative estimate of drug-likeness (QED) is 0.620. The number of hydrogen-bond donors (Lipinski definition) is 1. The first-order chi connectivity index (χ1) is 14.1. The number of benzene rings is 2. The average Bonchev–Trinajstić information content (AvgIpc) is 3.37. The van der Waals surface area contributed by atoms with Crippen LogP contribution < -0.4 is 10.2 Å². The molecule has 0 saturated carbocycles. The Kier molecular flexibility index (Phi) is 5.80. The number of halogens is 1. The molecular weight excluding hydrogens is 389 g/mol. The topological polar surface area (TPSA) is 63.1 Å². The minimum atomic E-state index is -0.384. The van der Waals surface area contributed by atoms with Gasteiger partial charge in [0.2, 0.25) is 11.9 Å². The molecule has 1 saturated heterocycles. The Labute approximate surface area is 173 Å². The van der Waals surface area contributed by atoms with E-state index in [0.29, 0.717) is 10.8 Å². The highest BCUT2D eigenvalue weighted by atomic mass is 32.2. The van der Waals surface area contributed by atoms with Crippen LogP contribution in [0.3, 0.4) is 0 Å². The highest BCUT2D eigenvalue weighted by Crippen LogP contribution is 2.28. The van der Waals surface area contributed by atoms with Crippen molar-refractivity contribution in [3.8, 4) is 5.69 Å². The summed E-state index contributed by atoms with van der Waals surface area (Å²) in [6.45, 7) is 3.95. The van der Waals surface area contributed by atoms with Crippen molar-refractivity contribution in [1.29, 1.82) is 0 Å². The van der Waals surface area contributed by atoms with Gasteiger partial charge in [-0.1, -0.05) is 35.5 Å². The lowest BCUT2D eigenvalue weighted by Gasteiger charge is -2.18. The SMILES string of the molecule is Cc1ccc(-n2c(SCC(=O)Nc3cccc(F)c3)nnc2N2CCCC2)cc1. The summed E-state index contributed by atoms with van der Waals surface area (Å²) in [5.41, 5.74) is 2.58. The Balaban J connectivity index is 1.53. The van der Waals surface area contributed by atoms with Crippen molar-refractivity contribution in [1.82, 2.24) is 14.8 Å². The van der Waals surface area contributed by atoms with Crippen molar-refractivity contribution >= 4 is 29.3 Å². The standard InChI is InChI=1S/C21H22FN5OS/c1-15-7-9-18(10-8-15)27-20(26-11-2-3-12-26)24-25-21(27)29-14-19(28)23-17-6-4-5-16(22)13-17/h4-10,13H,2-3,11-12,14H2,1H3,(H,23,28). The van der Waals surface area contributed by atoms with Gasteiger partial charge >= 0.3 is 0 Å². The molecule has 1 aliphatic heterocycles. The van der Waals surface area contributed by atoms with Crippen molar-refractivity contribution in [3.05, 3.63) is 59.9 Å². The molecule has 0 atom stereocenters. The molecule has 0 bridgehead atoms. The number of carbonyl (C=O) groups excluding carboxylic acids is 1. The lowest BCUT2D eigenvalue weighted by atomic mass is 10.2. The molecule has 1 fully saturated rings. The van der Waals surface area contributed by atoms with Crippen molar-refractivity contribution < 1.29 is 9.18 Å². The van der Waals surface area contributed by atoms with Crippen LogP contribution in [0.25, 0.3) is 5.69 Å². The molecule has 150 valence electrons. The normalized spacial score (nSPS) is 13.7. The van der Waals surface area contributed by atoms with E-state index in [1.807, 2.05) is 35.8 Å². The van der Waals surface area contributed by atoms with Gasteiger partial charge in [0, 0.05) is 18.8 Å². The van der Waals surface area contributed by atoms with Crippen LogP contribution in [-0.2, 0) is 4.79 Å². The Morgan fingerprint density at radius 1 is 1.14 bits per heavy atom. The fourth-order valence-electron chi connectivity index (χ4n) is 3.29. The molecule has 1 aromatic heterocycles. The molecule has 0 radical (unpaired) electrons. The van der Waals surface area contributed by atoms with E-state index in [2.05, 4.69) is 20.4 Å². The molecule has 6 nitrogen and oxygen atoms in total. The minimum Gasteiger partial charge on any atom is -0.341 e. The summed E-state index contributed by atoms with van der Waals surface area (Å²) in [6.07, 6.45) is 2.28. The second-order valence-corrected chi connectivity index (χ2v) is 7.94. The van der Waals surface area contributed by atoms with E-state index < -0.39 is 0 Å². The second-order valence-electron chi connectivity index (χ2n) is 6.99. The Morgan fingerprint density at radius 3 is 2.62 bits per heavy atom. The van der Waals surface area contributed by atoms with Crippen LogP contribution in [0.5, 0.6) is 0 Å². The molecule has 4 rings (SSSR count). The summed E-state index contributed by atoms with van der Waals surface area (Å²) in [5, 5.41) is 12.1. The van der Waals surface area contributed by atoms with Gasteiger partial charge in [-0.2, -0.15) is 0 Å². The Hall–Kier alpha value is -2.87. The van der Waals surface area contributed by atoms with E-state index in [0.717, 1.165) is 37.6 Å². The predicted molar refractivity (Wildman–Crippen MR) is 113 cm³/mol. The summed E-state index contributed by atoms with van der Waals surface area (Å²) in [4.78, 5) is 14.6. The number of thioether (sulfide) groups is 1. The number of hydrogen-bond acceptors (Lipinski definition) is 5. The van der Waals surface area contributed by atoms with Gasteiger partial charge in [-0.05, 0) is 50.1 Å². The first-order valence-corrected chi connectivity index (χ1v) is 10.5. The molecule has 0 spiro atoms. The zero-order valence-corrected chi connectivity index (χ0v) is 17.0. The second kappa shape index (κ2) is 8.65. The van der Waals surface area contributed by atoms with Crippen molar-refractivity contribution in [2.24, 2.45) is 0 Å².